The number of aliphatic hydroxyl groups excluding tert-OH is 1. The predicted octanol–water partition coefficient (Wildman–Crippen LogP) is 3.31. The Labute approximate surface area is 125 Å². The molecule has 0 aliphatic carbocycles. The maximum absolute atomic E-state index is 9.95. The van der Waals surface area contributed by atoms with Gasteiger partial charge in [-0.25, -0.2) is 0 Å². The molecular formula is C16H32O3Si. The molecule has 0 aromatic rings. The van der Waals surface area contributed by atoms with Gasteiger partial charge in [0, 0.05) is 0 Å². The van der Waals surface area contributed by atoms with Crippen LogP contribution in [0.3, 0.4) is 0 Å². The van der Waals surface area contributed by atoms with Gasteiger partial charge in [0.15, 0.2) is 8.32 Å². The van der Waals surface area contributed by atoms with E-state index in [-0.39, 0.29) is 0 Å². The molecule has 1 unspecified atom stereocenters. The van der Waals surface area contributed by atoms with Gasteiger partial charge < -0.3 is 14.6 Å². The summed E-state index contributed by atoms with van der Waals surface area (Å²) in [6.45, 7) is 11.6. The van der Waals surface area contributed by atoms with Crippen molar-refractivity contribution in [3.05, 3.63) is 0 Å². The number of hydrogen-bond donors (Lipinski definition) is 2. The first-order valence-electron chi connectivity index (χ1n) is 7.66. The van der Waals surface area contributed by atoms with Crippen molar-refractivity contribution >= 4 is 8.32 Å². The Balaban J connectivity index is 4.83. The molecule has 0 aromatic carbocycles. The SMILES string of the molecule is C#C[C@](C)(CCC(O)C(C)(C)O)O[Si](CC)(CC)CC. The Morgan fingerprint density at radius 1 is 1.15 bits per heavy atom. The Morgan fingerprint density at radius 3 is 1.90 bits per heavy atom. The number of hydrogen-bond acceptors (Lipinski definition) is 3. The molecule has 4 heteroatoms. The van der Waals surface area contributed by atoms with Crippen molar-refractivity contribution < 1.29 is 14.6 Å². The van der Waals surface area contributed by atoms with Crippen LogP contribution in [0.4, 0.5) is 0 Å². The zero-order valence-electron chi connectivity index (χ0n) is 14.0. The van der Waals surface area contributed by atoms with E-state index in [1.165, 1.54) is 0 Å². The van der Waals surface area contributed by atoms with Crippen LogP contribution in [0.2, 0.25) is 18.1 Å². The van der Waals surface area contributed by atoms with Crippen molar-refractivity contribution in [2.75, 3.05) is 0 Å². The topological polar surface area (TPSA) is 49.7 Å². The smallest absolute Gasteiger partial charge is 0.194 e. The Kier molecular flexibility index (Phi) is 7.47. The lowest BCUT2D eigenvalue weighted by molar-refractivity contribution is -0.0577. The molecule has 2 atom stereocenters. The molecule has 2 N–H and O–H groups in total. The highest BCUT2D eigenvalue weighted by molar-refractivity contribution is 6.73. The Hall–Kier alpha value is -0.343. The van der Waals surface area contributed by atoms with Crippen molar-refractivity contribution in [1.82, 2.24) is 0 Å². The predicted molar refractivity (Wildman–Crippen MR) is 87.1 cm³/mol. The first-order chi connectivity index (χ1) is 9.08. The Morgan fingerprint density at radius 2 is 1.60 bits per heavy atom. The average molecular weight is 301 g/mol. The summed E-state index contributed by atoms with van der Waals surface area (Å²) < 4.78 is 6.40. The maximum atomic E-state index is 9.95. The molecule has 0 aliphatic heterocycles. The van der Waals surface area contributed by atoms with E-state index >= 15 is 0 Å². The van der Waals surface area contributed by atoms with E-state index in [0.717, 1.165) is 18.1 Å². The van der Waals surface area contributed by atoms with Crippen molar-refractivity contribution in [3.8, 4) is 12.3 Å². The monoisotopic (exact) mass is 300 g/mol. The van der Waals surface area contributed by atoms with E-state index in [4.69, 9.17) is 10.8 Å². The molecule has 0 saturated heterocycles. The minimum atomic E-state index is -1.78. The number of aliphatic hydroxyl groups is 2. The van der Waals surface area contributed by atoms with Gasteiger partial charge in [0.1, 0.15) is 5.60 Å². The van der Waals surface area contributed by atoms with Crippen molar-refractivity contribution in [1.29, 1.82) is 0 Å². The molecule has 0 aliphatic rings. The minimum Gasteiger partial charge on any atom is -0.401 e. The van der Waals surface area contributed by atoms with Gasteiger partial charge in [-0.2, -0.15) is 0 Å². The third-order valence-electron chi connectivity index (χ3n) is 4.39. The van der Waals surface area contributed by atoms with Crippen LogP contribution in [0.1, 0.15) is 54.4 Å². The summed E-state index contributed by atoms with van der Waals surface area (Å²) in [5.74, 6) is 2.76. The fourth-order valence-electron chi connectivity index (χ4n) is 2.36. The van der Waals surface area contributed by atoms with E-state index in [2.05, 4.69) is 26.7 Å². The highest BCUT2D eigenvalue weighted by Gasteiger charge is 2.38. The first kappa shape index (κ1) is 19.7. The van der Waals surface area contributed by atoms with E-state index in [9.17, 15) is 10.2 Å². The number of rotatable bonds is 9. The zero-order chi connectivity index (χ0) is 16.0. The zero-order valence-corrected chi connectivity index (χ0v) is 15.0. The molecule has 0 spiro atoms. The molecule has 0 radical (unpaired) electrons. The van der Waals surface area contributed by atoms with Gasteiger partial charge in [-0.05, 0) is 51.7 Å². The van der Waals surface area contributed by atoms with Crippen LogP contribution >= 0.6 is 0 Å². The second kappa shape index (κ2) is 7.60. The minimum absolute atomic E-state index is 0.436. The van der Waals surface area contributed by atoms with Crippen molar-refractivity contribution in [2.24, 2.45) is 0 Å². The summed E-state index contributed by atoms with van der Waals surface area (Å²) in [5, 5.41) is 19.7. The molecule has 3 nitrogen and oxygen atoms in total. The summed E-state index contributed by atoms with van der Waals surface area (Å²) >= 11 is 0. The van der Waals surface area contributed by atoms with Crippen molar-refractivity contribution in [3.63, 3.8) is 0 Å². The lowest BCUT2D eigenvalue weighted by Gasteiger charge is -2.38. The van der Waals surface area contributed by atoms with Crippen LogP contribution < -0.4 is 0 Å². The summed E-state index contributed by atoms with van der Waals surface area (Å²) in [4.78, 5) is 0. The van der Waals surface area contributed by atoms with Crippen LogP contribution in [0.5, 0.6) is 0 Å². The van der Waals surface area contributed by atoms with Crippen LogP contribution in [0.25, 0.3) is 0 Å². The molecule has 0 bridgehead atoms. The van der Waals surface area contributed by atoms with Crippen LogP contribution in [0, 0.1) is 12.3 Å². The first-order valence-corrected chi connectivity index (χ1v) is 10.2. The van der Waals surface area contributed by atoms with E-state index in [0.29, 0.717) is 12.8 Å². The van der Waals surface area contributed by atoms with Gasteiger partial charge in [-0.15, -0.1) is 6.42 Å². The highest BCUT2D eigenvalue weighted by Crippen LogP contribution is 2.31. The summed E-state index contributed by atoms with van der Waals surface area (Å²) in [6, 6.07) is 3.14. The van der Waals surface area contributed by atoms with Crippen LogP contribution in [-0.2, 0) is 4.43 Å². The fourth-order valence-corrected chi connectivity index (χ4v) is 5.41. The molecule has 0 amide bonds. The van der Waals surface area contributed by atoms with E-state index < -0.39 is 25.6 Å². The molecule has 0 aromatic heterocycles. The second-order valence-corrected chi connectivity index (χ2v) is 11.1. The lowest BCUT2D eigenvalue weighted by atomic mass is 9.92. The van der Waals surface area contributed by atoms with Crippen LogP contribution in [0.15, 0.2) is 0 Å². The average Bonchev–Trinajstić information content (AvgIpc) is 2.41. The molecule has 0 fully saturated rings. The van der Waals surface area contributed by atoms with Crippen molar-refractivity contribution in [2.45, 2.75) is 89.8 Å². The third-order valence-corrected chi connectivity index (χ3v) is 9.14. The molecule has 118 valence electrons. The molecule has 20 heavy (non-hydrogen) atoms. The quantitative estimate of drug-likeness (QED) is 0.507. The molecule has 0 heterocycles. The summed E-state index contributed by atoms with van der Waals surface area (Å²) in [6.07, 6.45) is 5.88. The van der Waals surface area contributed by atoms with Gasteiger partial charge in [-0.3, -0.25) is 0 Å². The van der Waals surface area contributed by atoms with Crippen LogP contribution in [-0.4, -0.2) is 35.8 Å². The highest BCUT2D eigenvalue weighted by atomic mass is 28.4. The molecular weight excluding hydrogens is 268 g/mol. The van der Waals surface area contributed by atoms with Gasteiger partial charge in [0.05, 0.1) is 11.7 Å². The second-order valence-electron chi connectivity index (χ2n) is 6.43. The lowest BCUT2D eigenvalue weighted by Crippen LogP contribution is -2.46. The molecule has 0 rings (SSSR count). The van der Waals surface area contributed by atoms with Gasteiger partial charge in [0.25, 0.3) is 0 Å². The Bertz CT molecular complexity index is 317. The van der Waals surface area contributed by atoms with Gasteiger partial charge in [0.2, 0.25) is 0 Å². The van der Waals surface area contributed by atoms with Gasteiger partial charge in [-0.1, -0.05) is 26.7 Å². The fraction of sp³-hybridized carbons (Fsp3) is 0.875. The normalized spacial score (nSPS) is 17.4. The third kappa shape index (κ3) is 5.57. The summed E-state index contributed by atoms with van der Waals surface area (Å²) in [7, 11) is -1.78. The maximum Gasteiger partial charge on any atom is 0.194 e. The summed E-state index contributed by atoms with van der Waals surface area (Å²) in [5.41, 5.74) is -1.76. The van der Waals surface area contributed by atoms with Gasteiger partial charge >= 0.3 is 0 Å². The standard InChI is InChI=1S/C16H32O3Si/c1-8-16(7,13-12-14(17)15(5,6)18)19-20(9-2,10-3)11-4/h1,14,17-18H,9-13H2,2-7H3/t14?,16-/m1/s1. The van der Waals surface area contributed by atoms with E-state index in [1.807, 2.05) is 6.92 Å². The van der Waals surface area contributed by atoms with E-state index in [1.54, 1.807) is 13.8 Å². The largest absolute Gasteiger partial charge is 0.401 e. The number of terminal acetylenes is 1. The molecule has 0 saturated carbocycles.